The minimum atomic E-state index is -0.838. The fourth-order valence-electron chi connectivity index (χ4n) is 3.96. The van der Waals surface area contributed by atoms with Gasteiger partial charge < -0.3 is 16.0 Å². The summed E-state index contributed by atoms with van der Waals surface area (Å²) in [6.07, 6.45) is 6.36. The first kappa shape index (κ1) is 34.0. The van der Waals surface area contributed by atoms with Crippen LogP contribution in [0.4, 0.5) is 15.4 Å². The van der Waals surface area contributed by atoms with Crippen LogP contribution in [-0.4, -0.2) is 60.0 Å². The van der Waals surface area contributed by atoms with Crippen LogP contribution in [0.2, 0.25) is 9.96 Å². The van der Waals surface area contributed by atoms with Crippen molar-refractivity contribution >= 4 is 80.7 Å². The molecule has 3 heterocycles. The second-order valence-corrected chi connectivity index (χ2v) is 9.06. The van der Waals surface area contributed by atoms with Gasteiger partial charge in [0.25, 0.3) is 0 Å². The van der Waals surface area contributed by atoms with Crippen LogP contribution in [0, 0.1) is 6.92 Å². The molecule has 2 aromatic heterocycles. The third kappa shape index (κ3) is 8.74. The quantitative estimate of drug-likeness (QED) is 0.238. The molecule has 1 atom stereocenters. The van der Waals surface area contributed by atoms with Crippen LogP contribution in [-0.2, 0) is 9.59 Å². The number of rotatable bonds is 3. The van der Waals surface area contributed by atoms with E-state index in [2.05, 4.69) is 34.2 Å². The summed E-state index contributed by atoms with van der Waals surface area (Å²) in [6.45, 7) is 10.6. The van der Waals surface area contributed by atoms with E-state index in [1.54, 1.807) is 27.4 Å². The second-order valence-electron chi connectivity index (χ2n) is 8.14. The van der Waals surface area contributed by atoms with Gasteiger partial charge in [-0.3, -0.25) is 9.59 Å². The monoisotopic (exact) mass is 671 g/mol. The van der Waals surface area contributed by atoms with Crippen LogP contribution in [0.25, 0.3) is 10.9 Å². The molecule has 0 bridgehead atoms. The molecule has 3 aromatic rings. The summed E-state index contributed by atoms with van der Waals surface area (Å²) in [4.78, 5) is 33.6. The van der Waals surface area contributed by atoms with Crippen LogP contribution >= 0.6 is 23.9 Å². The van der Waals surface area contributed by atoms with E-state index >= 15 is 0 Å². The van der Waals surface area contributed by atoms with Gasteiger partial charge in [-0.15, -0.1) is 3.89 Å². The molecule has 4 rings (SSSR count). The standard InChI is InChI=1S/C20H20ClFN6O2S.C3H8.C2H6.CH3.Sn/c1-11-6-12(8-13(21)7-11)16-4-2-3-5-27(16)20(30)19(29)26-15-10-24-18(23)14-9-25-28(31-22)17(14)15;1-3-2;1-2;;/h6-10,16H,2-5H2,1H3,(H2,23,24)(H,26,29);3H2,1-2H3;1-2H3;1H3;. The van der Waals surface area contributed by atoms with Crippen molar-refractivity contribution in [2.45, 2.75) is 71.3 Å². The van der Waals surface area contributed by atoms with Crippen molar-refractivity contribution in [1.82, 2.24) is 19.1 Å². The number of nitrogens with one attached hydrogen (secondary N) is 1. The molecular weight excluding hydrogens is 634 g/mol. The summed E-state index contributed by atoms with van der Waals surface area (Å²) in [5.74, 6) is -1.37. The molecule has 1 aliphatic rings. The summed E-state index contributed by atoms with van der Waals surface area (Å²) in [5.41, 5.74) is 8.08. The molecule has 1 fully saturated rings. The normalized spacial score (nSPS) is 14.2. The van der Waals surface area contributed by atoms with Crippen molar-refractivity contribution in [2.75, 3.05) is 17.6 Å². The van der Waals surface area contributed by atoms with Crippen molar-refractivity contribution in [3.8, 4) is 0 Å². The average Bonchev–Trinajstić information content (AvgIpc) is 3.37. The molecule has 3 radical (unpaired) electrons. The Morgan fingerprint density at radius 3 is 2.47 bits per heavy atom. The summed E-state index contributed by atoms with van der Waals surface area (Å²) < 4.78 is 14.2. The van der Waals surface area contributed by atoms with Gasteiger partial charge in [0, 0.05) is 11.6 Å². The SMILES string of the molecule is CC.CCC.Cc1cc(Cl)cc(C2CCCCN2C(=O)C(=O)Nc2cnc(N)c3cnn(SF)c23)c1.[CH3][Sn]. The number of carbonyl (C=O) groups is 2. The molecule has 0 spiro atoms. The van der Waals surface area contributed by atoms with E-state index in [1.165, 1.54) is 18.8 Å². The summed E-state index contributed by atoms with van der Waals surface area (Å²) in [7, 11) is 0. The number of nitrogen functional groups attached to an aromatic ring is 1. The number of hydrogen-bond acceptors (Lipinski definition) is 6. The molecule has 1 unspecified atom stereocenters. The number of likely N-dealkylation sites (tertiary alicyclic amines) is 1. The van der Waals surface area contributed by atoms with Crippen LogP contribution in [0.15, 0.2) is 30.6 Å². The molecule has 0 saturated carbocycles. The van der Waals surface area contributed by atoms with Crippen LogP contribution < -0.4 is 11.1 Å². The van der Waals surface area contributed by atoms with Gasteiger partial charge in [0.2, 0.25) is 0 Å². The van der Waals surface area contributed by atoms with E-state index in [-0.39, 0.29) is 35.4 Å². The fourth-order valence-corrected chi connectivity index (χ4v) is 4.61. The van der Waals surface area contributed by atoms with Gasteiger partial charge in [0.05, 0.1) is 29.5 Å². The van der Waals surface area contributed by atoms with Crippen molar-refractivity contribution < 1.29 is 13.5 Å². The van der Waals surface area contributed by atoms with Gasteiger partial charge in [0.15, 0.2) is 12.3 Å². The Morgan fingerprint density at radius 1 is 1.21 bits per heavy atom. The number of nitrogens with two attached hydrogens (primary N) is 1. The average molecular weight is 671 g/mol. The number of benzene rings is 1. The predicted octanol–water partition coefficient (Wildman–Crippen LogP) is 6.69. The minimum absolute atomic E-state index is 0.145. The first-order valence-corrected chi connectivity index (χ1v) is 16.5. The molecule has 0 aliphatic carbocycles. The number of piperidine rings is 1. The fraction of sp³-hybridized carbons (Fsp3) is 0.462. The van der Waals surface area contributed by atoms with Crippen LogP contribution in [0.3, 0.4) is 0 Å². The van der Waals surface area contributed by atoms with Gasteiger partial charge in [-0.05, 0) is 49.4 Å². The maximum atomic E-state index is 13.2. The number of carbonyl (C=O) groups excluding carboxylic acids is 2. The number of nitrogens with zero attached hydrogens (tertiary/aromatic N) is 4. The van der Waals surface area contributed by atoms with Gasteiger partial charge in [-0.1, -0.05) is 51.8 Å². The Labute approximate surface area is 247 Å². The van der Waals surface area contributed by atoms with E-state index in [4.69, 9.17) is 17.3 Å². The zero-order valence-electron chi connectivity index (χ0n) is 22.8. The molecule has 1 saturated heterocycles. The molecular formula is C26H37ClFN6O2SSn. The maximum absolute atomic E-state index is 13.2. The zero-order valence-corrected chi connectivity index (χ0v) is 27.3. The van der Waals surface area contributed by atoms with Crippen LogP contribution in [0.5, 0.6) is 0 Å². The molecule has 2 amide bonds. The molecule has 3 N–H and O–H groups in total. The van der Waals surface area contributed by atoms with E-state index in [0.717, 1.165) is 34.5 Å². The van der Waals surface area contributed by atoms with Crippen molar-refractivity contribution in [2.24, 2.45) is 0 Å². The van der Waals surface area contributed by atoms with Gasteiger partial charge in [-0.25, -0.2) is 4.98 Å². The molecule has 207 valence electrons. The molecule has 1 aliphatic heterocycles. The third-order valence-electron chi connectivity index (χ3n) is 5.32. The Kier molecular flexibility index (Phi) is 15.7. The first-order valence-electron chi connectivity index (χ1n) is 12.6. The topological polar surface area (TPSA) is 106 Å². The Bertz CT molecular complexity index is 1180. The number of amides is 2. The zero-order chi connectivity index (χ0) is 28.8. The first-order chi connectivity index (χ1) is 18.3. The number of pyridine rings is 1. The second kappa shape index (κ2) is 17.5. The molecule has 12 heteroatoms. The number of fused-ring (bicyclic) bond motifs is 1. The summed E-state index contributed by atoms with van der Waals surface area (Å²) in [5, 5.41) is 7.38. The Morgan fingerprint density at radius 2 is 1.87 bits per heavy atom. The number of anilines is 2. The number of aryl methyl sites for hydroxylation is 1. The van der Waals surface area contributed by atoms with E-state index in [9.17, 15) is 13.5 Å². The van der Waals surface area contributed by atoms with E-state index in [0.29, 0.717) is 17.0 Å². The van der Waals surface area contributed by atoms with Crippen molar-refractivity contribution in [3.63, 3.8) is 0 Å². The van der Waals surface area contributed by atoms with Gasteiger partial charge in [0.1, 0.15) is 11.3 Å². The van der Waals surface area contributed by atoms with Gasteiger partial charge >= 0.3 is 39.3 Å². The third-order valence-corrected chi connectivity index (χ3v) is 5.95. The molecule has 8 nitrogen and oxygen atoms in total. The molecule has 1 aromatic carbocycles. The summed E-state index contributed by atoms with van der Waals surface area (Å²) >= 11 is 7.62. The summed E-state index contributed by atoms with van der Waals surface area (Å²) in [6, 6.07) is 5.40. The number of hydrogen-bond donors (Lipinski definition) is 2. The number of halogens is 2. The van der Waals surface area contributed by atoms with Gasteiger partial charge in [-0.2, -0.15) is 9.19 Å². The van der Waals surface area contributed by atoms with Crippen molar-refractivity contribution in [1.29, 1.82) is 0 Å². The predicted molar refractivity (Wildman–Crippen MR) is 158 cm³/mol. The van der Waals surface area contributed by atoms with E-state index in [1.807, 2.05) is 39.0 Å². The Hall–Kier alpha value is -2.05. The van der Waals surface area contributed by atoms with Crippen molar-refractivity contribution in [3.05, 3.63) is 46.7 Å². The Balaban J connectivity index is 0.000000944. The van der Waals surface area contributed by atoms with E-state index < -0.39 is 11.8 Å². The number of aromatic nitrogens is 3. The van der Waals surface area contributed by atoms with Crippen LogP contribution in [0.1, 0.15) is 70.5 Å². The molecule has 38 heavy (non-hydrogen) atoms.